The minimum absolute atomic E-state index is 0.144. The van der Waals surface area contributed by atoms with E-state index in [1.807, 2.05) is 6.07 Å². The Balaban J connectivity index is 2.01. The Kier molecular flexibility index (Phi) is 2.53. The number of hydrogen-bond donors (Lipinski definition) is 2. The van der Waals surface area contributed by atoms with Gasteiger partial charge in [-0.15, -0.1) is 0 Å². The zero-order valence-electron chi connectivity index (χ0n) is 8.79. The van der Waals surface area contributed by atoms with E-state index in [-0.39, 0.29) is 11.8 Å². The van der Waals surface area contributed by atoms with Crippen molar-refractivity contribution in [2.75, 3.05) is 10.6 Å². The van der Waals surface area contributed by atoms with E-state index in [0.29, 0.717) is 6.04 Å². The highest BCUT2D eigenvalue weighted by molar-refractivity contribution is 14.1. The summed E-state index contributed by atoms with van der Waals surface area (Å²) in [7, 11) is 0. The molecule has 1 amide bonds. The predicted molar refractivity (Wildman–Crippen MR) is 72.5 cm³/mol. The summed E-state index contributed by atoms with van der Waals surface area (Å²) in [5, 5.41) is 6.52. The van der Waals surface area contributed by atoms with Gasteiger partial charge in [-0.3, -0.25) is 4.79 Å². The number of benzene rings is 1. The van der Waals surface area contributed by atoms with Gasteiger partial charge in [-0.1, -0.05) is 6.42 Å². The molecule has 3 rings (SSSR count). The van der Waals surface area contributed by atoms with Gasteiger partial charge in [0.25, 0.3) is 0 Å². The third kappa shape index (κ3) is 1.69. The topological polar surface area (TPSA) is 41.1 Å². The van der Waals surface area contributed by atoms with Crippen LogP contribution in [0.15, 0.2) is 18.2 Å². The van der Waals surface area contributed by atoms with E-state index in [2.05, 4.69) is 45.4 Å². The van der Waals surface area contributed by atoms with Gasteiger partial charge in [0.1, 0.15) is 0 Å². The van der Waals surface area contributed by atoms with E-state index in [1.165, 1.54) is 0 Å². The molecule has 1 aliphatic heterocycles. The molecule has 3 nitrogen and oxygen atoms in total. The van der Waals surface area contributed by atoms with Gasteiger partial charge in [0.2, 0.25) is 5.91 Å². The molecule has 4 heteroatoms. The van der Waals surface area contributed by atoms with Crippen molar-refractivity contribution in [3.05, 3.63) is 21.8 Å². The number of nitrogens with one attached hydrogen (secondary N) is 2. The summed E-state index contributed by atoms with van der Waals surface area (Å²) in [5.41, 5.74) is 1.98. The number of carbonyl (C=O) groups excluding carboxylic acids is 1. The number of anilines is 2. The fraction of sp³-hybridized carbons (Fsp3) is 0.417. The molecule has 84 valence electrons. The first kappa shape index (κ1) is 10.4. The largest absolute Gasteiger partial charge is 0.380 e. The average Bonchev–Trinajstić information content (AvgIpc) is 2.65. The van der Waals surface area contributed by atoms with Crippen LogP contribution in [0.3, 0.4) is 0 Å². The maximum atomic E-state index is 12.0. The van der Waals surface area contributed by atoms with Gasteiger partial charge in [0.15, 0.2) is 0 Å². The highest BCUT2D eigenvalue weighted by Gasteiger charge is 2.35. The first-order chi connectivity index (χ1) is 7.74. The van der Waals surface area contributed by atoms with Gasteiger partial charge in [0.05, 0.1) is 17.3 Å². The zero-order chi connectivity index (χ0) is 11.1. The Bertz CT molecular complexity index is 447. The molecular formula is C12H13IN2O. The quantitative estimate of drug-likeness (QED) is 0.719. The average molecular weight is 328 g/mol. The molecule has 2 unspecified atom stereocenters. The van der Waals surface area contributed by atoms with E-state index in [0.717, 1.165) is 34.2 Å². The molecule has 16 heavy (non-hydrogen) atoms. The van der Waals surface area contributed by atoms with Crippen LogP contribution in [0.25, 0.3) is 0 Å². The lowest BCUT2D eigenvalue weighted by molar-refractivity contribution is -0.119. The standard InChI is InChI=1S/C12H13IN2O/c13-7-4-5-10-11(6-7)15-12(16)8-2-1-3-9(8)14-10/h4-6,8-9,14H,1-3H2,(H,15,16). The minimum atomic E-state index is 0.144. The second-order valence-electron chi connectivity index (χ2n) is 4.47. The number of rotatable bonds is 0. The van der Waals surface area contributed by atoms with Crippen molar-refractivity contribution in [3.8, 4) is 0 Å². The predicted octanol–water partition coefficient (Wildman–Crippen LogP) is 2.82. The maximum Gasteiger partial charge on any atom is 0.229 e. The summed E-state index contributed by atoms with van der Waals surface area (Å²) in [4.78, 5) is 12.0. The van der Waals surface area contributed by atoms with E-state index in [9.17, 15) is 4.79 Å². The molecule has 0 radical (unpaired) electrons. The Morgan fingerprint density at radius 3 is 3.00 bits per heavy atom. The molecule has 2 atom stereocenters. The SMILES string of the molecule is O=C1Nc2cc(I)ccc2NC2CCCC12. The molecule has 0 saturated heterocycles. The van der Waals surface area contributed by atoms with Crippen molar-refractivity contribution < 1.29 is 4.79 Å². The molecular weight excluding hydrogens is 315 g/mol. The van der Waals surface area contributed by atoms with E-state index >= 15 is 0 Å². The van der Waals surface area contributed by atoms with E-state index < -0.39 is 0 Å². The van der Waals surface area contributed by atoms with Crippen LogP contribution in [0.5, 0.6) is 0 Å². The molecule has 0 spiro atoms. The van der Waals surface area contributed by atoms with E-state index in [4.69, 9.17) is 0 Å². The maximum absolute atomic E-state index is 12.0. The van der Waals surface area contributed by atoms with E-state index in [1.54, 1.807) is 0 Å². The summed E-state index contributed by atoms with van der Waals surface area (Å²) < 4.78 is 1.14. The van der Waals surface area contributed by atoms with Gasteiger partial charge in [0, 0.05) is 9.61 Å². The Labute approximate surface area is 108 Å². The van der Waals surface area contributed by atoms with Gasteiger partial charge < -0.3 is 10.6 Å². The van der Waals surface area contributed by atoms with Crippen LogP contribution in [0.4, 0.5) is 11.4 Å². The van der Waals surface area contributed by atoms with Crippen LogP contribution in [0.1, 0.15) is 19.3 Å². The van der Waals surface area contributed by atoms with Gasteiger partial charge in [-0.05, 0) is 53.6 Å². The molecule has 2 aliphatic rings. The van der Waals surface area contributed by atoms with Crippen molar-refractivity contribution in [1.82, 2.24) is 0 Å². The Hall–Kier alpha value is -0.780. The smallest absolute Gasteiger partial charge is 0.229 e. The van der Waals surface area contributed by atoms with Crippen molar-refractivity contribution >= 4 is 39.9 Å². The van der Waals surface area contributed by atoms with Crippen molar-refractivity contribution in [2.45, 2.75) is 25.3 Å². The molecule has 1 heterocycles. The van der Waals surface area contributed by atoms with Crippen LogP contribution in [-0.2, 0) is 4.79 Å². The molecule has 1 aromatic rings. The molecule has 0 bridgehead atoms. The second kappa shape index (κ2) is 3.91. The highest BCUT2D eigenvalue weighted by atomic mass is 127. The summed E-state index contributed by atoms with van der Waals surface area (Å²) in [5.74, 6) is 0.320. The molecule has 1 aliphatic carbocycles. The lowest BCUT2D eigenvalue weighted by atomic mass is 10.0. The molecule has 0 aromatic heterocycles. The molecule has 1 saturated carbocycles. The van der Waals surface area contributed by atoms with Gasteiger partial charge in [-0.25, -0.2) is 0 Å². The van der Waals surface area contributed by atoms with Crippen LogP contribution in [0.2, 0.25) is 0 Å². The van der Waals surface area contributed by atoms with Crippen molar-refractivity contribution in [1.29, 1.82) is 0 Å². The Morgan fingerprint density at radius 1 is 1.25 bits per heavy atom. The third-order valence-electron chi connectivity index (χ3n) is 3.43. The fourth-order valence-electron chi connectivity index (χ4n) is 2.62. The number of fused-ring (bicyclic) bond motifs is 2. The fourth-order valence-corrected chi connectivity index (χ4v) is 3.11. The molecule has 1 fully saturated rings. The van der Waals surface area contributed by atoms with Gasteiger partial charge in [-0.2, -0.15) is 0 Å². The van der Waals surface area contributed by atoms with Crippen LogP contribution in [0, 0.1) is 9.49 Å². The first-order valence-electron chi connectivity index (χ1n) is 5.61. The summed E-state index contributed by atoms with van der Waals surface area (Å²) in [6, 6.07) is 6.45. The minimum Gasteiger partial charge on any atom is -0.380 e. The summed E-state index contributed by atoms with van der Waals surface area (Å²) in [6.07, 6.45) is 3.26. The number of carbonyl (C=O) groups is 1. The number of amides is 1. The second-order valence-corrected chi connectivity index (χ2v) is 5.71. The van der Waals surface area contributed by atoms with Crippen molar-refractivity contribution in [2.24, 2.45) is 5.92 Å². The van der Waals surface area contributed by atoms with Crippen molar-refractivity contribution in [3.63, 3.8) is 0 Å². The third-order valence-corrected chi connectivity index (χ3v) is 4.10. The monoisotopic (exact) mass is 328 g/mol. The van der Waals surface area contributed by atoms with Gasteiger partial charge >= 0.3 is 0 Å². The lowest BCUT2D eigenvalue weighted by Crippen LogP contribution is -2.30. The highest BCUT2D eigenvalue weighted by Crippen LogP contribution is 2.36. The summed E-state index contributed by atoms with van der Waals surface area (Å²) in [6.45, 7) is 0. The van der Waals surface area contributed by atoms with Crippen LogP contribution >= 0.6 is 22.6 Å². The van der Waals surface area contributed by atoms with Crippen LogP contribution < -0.4 is 10.6 Å². The number of halogens is 1. The van der Waals surface area contributed by atoms with Crippen LogP contribution in [-0.4, -0.2) is 11.9 Å². The normalized spacial score (nSPS) is 27.4. The zero-order valence-corrected chi connectivity index (χ0v) is 11.0. The number of hydrogen-bond acceptors (Lipinski definition) is 2. The summed E-state index contributed by atoms with van der Waals surface area (Å²) >= 11 is 2.26. The molecule has 2 N–H and O–H groups in total. The molecule has 1 aromatic carbocycles. The lowest BCUT2D eigenvalue weighted by Gasteiger charge is -2.16. The Morgan fingerprint density at radius 2 is 2.12 bits per heavy atom. The first-order valence-corrected chi connectivity index (χ1v) is 6.69.